The zero-order valence-corrected chi connectivity index (χ0v) is 16.9. The Morgan fingerprint density at radius 1 is 1.19 bits per heavy atom. The number of anilines is 1. The van der Waals surface area contributed by atoms with Gasteiger partial charge in [-0.15, -0.1) is 0 Å². The number of aromatic nitrogens is 2. The van der Waals surface area contributed by atoms with Crippen molar-refractivity contribution in [2.24, 2.45) is 0 Å². The Balaban J connectivity index is 1.72. The molecule has 0 aliphatic carbocycles. The van der Waals surface area contributed by atoms with Gasteiger partial charge in [0.1, 0.15) is 6.54 Å². The fourth-order valence-corrected chi connectivity index (χ4v) is 4.52. The van der Waals surface area contributed by atoms with Crippen LogP contribution in [0.3, 0.4) is 0 Å². The highest BCUT2D eigenvalue weighted by atomic mass is 79.9. The third kappa shape index (κ3) is 3.18. The number of amides is 1. The molecule has 27 heavy (non-hydrogen) atoms. The normalized spacial score (nSPS) is 13.7. The van der Waals surface area contributed by atoms with Crippen LogP contribution in [-0.4, -0.2) is 22.2 Å². The number of hydrogen-bond donors (Lipinski definition) is 0. The first-order chi connectivity index (χ1) is 13.0. The number of rotatable bonds is 2. The number of nitrogens with zero attached hydrogens (tertiary/aromatic N) is 3. The third-order valence-corrected chi connectivity index (χ3v) is 5.54. The fraction of sp³-hybridized carbons (Fsp3) is 0.286. The molecule has 1 aliphatic rings. The zero-order chi connectivity index (χ0) is 19.1. The minimum Gasteiger partial charge on any atom is -0.310 e. The number of carbonyl (C=O) groups excluding carboxylic acids is 1. The summed E-state index contributed by atoms with van der Waals surface area (Å²) in [6.45, 7) is 4.48. The van der Waals surface area contributed by atoms with Crippen LogP contribution in [0, 0.1) is 13.8 Å². The van der Waals surface area contributed by atoms with E-state index in [1.54, 1.807) is 11.0 Å². The summed E-state index contributed by atoms with van der Waals surface area (Å²) in [6, 6.07) is 11.5. The number of halogens is 1. The summed E-state index contributed by atoms with van der Waals surface area (Å²) >= 11 is 3.53. The number of fused-ring (bicyclic) bond motifs is 2. The molecule has 1 aromatic heterocycles. The summed E-state index contributed by atoms with van der Waals surface area (Å²) in [5, 5.41) is 5.80. The molecular formula is C21H20BrN3O2. The predicted octanol–water partition coefficient (Wildman–Crippen LogP) is 3.76. The van der Waals surface area contributed by atoms with Crippen molar-refractivity contribution in [1.29, 1.82) is 0 Å². The highest BCUT2D eigenvalue weighted by molar-refractivity contribution is 9.10. The van der Waals surface area contributed by atoms with E-state index >= 15 is 0 Å². The van der Waals surface area contributed by atoms with Crippen molar-refractivity contribution in [3.8, 4) is 0 Å². The standard InChI is InChI=1S/C21H20BrN3O2/c1-13-10-16(22)11-15-6-5-9-24(20(13)15)19(26)12-25-21(27)18-8-4-3-7-17(18)14(2)23-25/h3-4,7-8,10-11H,5-6,9,12H2,1-2H3. The number of carbonyl (C=O) groups is 1. The maximum Gasteiger partial charge on any atom is 0.275 e. The van der Waals surface area contributed by atoms with Crippen LogP contribution in [0.1, 0.15) is 23.2 Å². The molecule has 138 valence electrons. The Kier molecular flexibility index (Phi) is 4.60. The molecule has 0 radical (unpaired) electrons. The monoisotopic (exact) mass is 425 g/mol. The van der Waals surface area contributed by atoms with Gasteiger partial charge in [-0.2, -0.15) is 5.10 Å². The zero-order valence-electron chi connectivity index (χ0n) is 15.3. The van der Waals surface area contributed by atoms with Crippen LogP contribution in [0.2, 0.25) is 0 Å². The minimum atomic E-state index is -0.227. The lowest BCUT2D eigenvalue weighted by atomic mass is 9.98. The van der Waals surface area contributed by atoms with E-state index in [-0.39, 0.29) is 18.0 Å². The van der Waals surface area contributed by atoms with Gasteiger partial charge in [-0.1, -0.05) is 34.1 Å². The molecule has 3 aromatic rings. The second-order valence-electron chi connectivity index (χ2n) is 6.97. The quantitative estimate of drug-likeness (QED) is 0.627. The Bertz CT molecular complexity index is 1120. The Labute approximate surface area is 165 Å². The van der Waals surface area contributed by atoms with Crippen LogP contribution in [0.15, 0.2) is 45.7 Å². The highest BCUT2D eigenvalue weighted by Crippen LogP contribution is 2.33. The molecule has 1 aliphatic heterocycles. The van der Waals surface area contributed by atoms with Crippen molar-refractivity contribution >= 4 is 38.3 Å². The van der Waals surface area contributed by atoms with Crippen LogP contribution < -0.4 is 10.5 Å². The van der Waals surface area contributed by atoms with E-state index in [0.717, 1.165) is 45.2 Å². The topological polar surface area (TPSA) is 55.2 Å². The van der Waals surface area contributed by atoms with Crippen LogP contribution in [0.5, 0.6) is 0 Å². The number of hydrogen-bond acceptors (Lipinski definition) is 3. The van der Waals surface area contributed by atoms with E-state index in [1.165, 1.54) is 4.68 Å². The predicted molar refractivity (Wildman–Crippen MR) is 110 cm³/mol. The number of benzene rings is 2. The maximum atomic E-state index is 13.1. The molecule has 2 aromatic carbocycles. The smallest absolute Gasteiger partial charge is 0.275 e. The molecule has 0 unspecified atom stereocenters. The van der Waals surface area contributed by atoms with E-state index in [9.17, 15) is 9.59 Å². The second-order valence-corrected chi connectivity index (χ2v) is 7.89. The van der Waals surface area contributed by atoms with Gasteiger partial charge in [-0.25, -0.2) is 4.68 Å². The summed E-state index contributed by atoms with van der Waals surface area (Å²) in [6.07, 6.45) is 1.86. The van der Waals surface area contributed by atoms with Crippen molar-refractivity contribution in [1.82, 2.24) is 9.78 Å². The average Bonchev–Trinajstić information content (AvgIpc) is 2.65. The van der Waals surface area contributed by atoms with E-state index in [0.29, 0.717) is 11.9 Å². The van der Waals surface area contributed by atoms with Crippen molar-refractivity contribution < 1.29 is 4.79 Å². The fourth-order valence-electron chi connectivity index (χ4n) is 3.90. The van der Waals surface area contributed by atoms with Crippen LogP contribution in [-0.2, 0) is 17.8 Å². The molecule has 0 saturated heterocycles. The molecular weight excluding hydrogens is 406 g/mol. The van der Waals surface area contributed by atoms with Crippen LogP contribution in [0.4, 0.5) is 5.69 Å². The first kappa shape index (κ1) is 17.9. The van der Waals surface area contributed by atoms with Crippen molar-refractivity contribution in [2.75, 3.05) is 11.4 Å². The summed E-state index contributed by atoms with van der Waals surface area (Å²) in [5.74, 6) is -0.106. The van der Waals surface area contributed by atoms with Crippen molar-refractivity contribution in [2.45, 2.75) is 33.2 Å². The Morgan fingerprint density at radius 3 is 2.70 bits per heavy atom. The molecule has 0 N–H and O–H groups in total. The van der Waals surface area contributed by atoms with Gasteiger partial charge >= 0.3 is 0 Å². The van der Waals surface area contributed by atoms with Gasteiger partial charge in [0, 0.05) is 22.1 Å². The van der Waals surface area contributed by atoms with E-state index in [2.05, 4.69) is 27.1 Å². The molecule has 0 saturated carbocycles. The molecule has 4 rings (SSSR count). The summed E-state index contributed by atoms with van der Waals surface area (Å²) in [4.78, 5) is 27.7. The molecule has 0 atom stereocenters. The molecule has 0 spiro atoms. The Morgan fingerprint density at radius 2 is 1.93 bits per heavy atom. The lowest BCUT2D eigenvalue weighted by Gasteiger charge is -2.31. The first-order valence-corrected chi connectivity index (χ1v) is 9.81. The summed E-state index contributed by atoms with van der Waals surface area (Å²) < 4.78 is 2.32. The molecule has 2 heterocycles. The van der Waals surface area contributed by atoms with Crippen molar-refractivity contribution in [3.63, 3.8) is 0 Å². The Hall–Kier alpha value is -2.47. The van der Waals surface area contributed by atoms with Crippen molar-refractivity contribution in [3.05, 3.63) is 68.0 Å². The van der Waals surface area contributed by atoms with E-state index in [1.807, 2.05) is 38.1 Å². The van der Waals surface area contributed by atoms with Gasteiger partial charge in [-0.05, 0) is 56.0 Å². The van der Waals surface area contributed by atoms with Gasteiger partial charge < -0.3 is 4.90 Å². The van der Waals surface area contributed by atoms with Gasteiger partial charge in [0.15, 0.2) is 0 Å². The van der Waals surface area contributed by atoms with E-state index < -0.39 is 0 Å². The first-order valence-electron chi connectivity index (χ1n) is 9.01. The van der Waals surface area contributed by atoms with Gasteiger partial charge in [0.2, 0.25) is 5.91 Å². The number of aryl methyl sites for hydroxylation is 3. The molecule has 6 heteroatoms. The summed E-state index contributed by atoms with van der Waals surface area (Å²) in [5.41, 5.74) is 3.71. The summed E-state index contributed by atoms with van der Waals surface area (Å²) in [7, 11) is 0. The minimum absolute atomic E-state index is 0.0561. The van der Waals surface area contributed by atoms with Gasteiger partial charge in [0.05, 0.1) is 11.1 Å². The molecule has 0 fully saturated rings. The van der Waals surface area contributed by atoms with Crippen LogP contribution >= 0.6 is 15.9 Å². The lowest BCUT2D eigenvalue weighted by Crippen LogP contribution is -2.40. The molecule has 0 bridgehead atoms. The molecule has 1 amide bonds. The average molecular weight is 426 g/mol. The third-order valence-electron chi connectivity index (χ3n) is 5.08. The lowest BCUT2D eigenvalue weighted by molar-refractivity contribution is -0.119. The largest absolute Gasteiger partial charge is 0.310 e. The van der Waals surface area contributed by atoms with Gasteiger partial charge in [0.25, 0.3) is 5.56 Å². The van der Waals surface area contributed by atoms with Gasteiger partial charge in [-0.3, -0.25) is 9.59 Å². The van der Waals surface area contributed by atoms with E-state index in [4.69, 9.17) is 0 Å². The second kappa shape index (κ2) is 6.93. The maximum absolute atomic E-state index is 13.1. The van der Waals surface area contributed by atoms with Crippen LogP contribution in [0.25, 0.3) is 10.8 Å². The molecule has 5 nitrogen and oxygen atoms in total. The highest BCUT2D eigenvalue weighted by Gasteiger charge is 2.25. The SMILES string of the molecule is Cc1cc(Br)cc2c1N(C(=O)Cn1nc(C)c3ccccc3c1=O)CCC2.